The lowest BCUT2D eigenvalue weighted by Gasteiger charge is -2.14. The summed E-state index contributed by atoms with van der Waals surface area (Å²) in [6.45, 7) is 4.21. The monoisotopic (exact) mass is 282 g/mol. The maximum atomic E-state index is 12.1. The molecule has 3 N–H and O–H groups in total. The van der Waals surface area contributed by atoms with Gasteiger partial charge < -0.3 is 11.1 Å². The van der Waals surface area contributed by atoms with Gasteiger partial charge in [-0.15, -0.1) is 0 Å². The number of nitrogens with two attached hydrogens (primary N) is 1. The molecule has 0 aliphatic heterocycles. The molecule has 0 heterocycles. The van der Waals surface area contributed by atoms with Crippen LogP contribution in [0, 0.1) is 0 Å². The van der Waals surface area contributed by atoms with Gasteiger partial charge in [-0.05, 0) is 31.5 Å². The number of rotatable bonds is 7. The summed E-state index contributed by atoms with van der Waals surface area (Å²) in [6.07, 6.45) is 5.82. The fraction of sp³-hybridized carbons (Fsp3) is 0.533. The Hall–Kier alpha value is -1.22. The van der Waals surface area contributed by atoms with Gasteiger partial charge in [0.25, 0.3) is 5.91 Å². The average Bonchev–Trinajstić information content (AvgIpc) is 2.37. The van der Waals surface area contributed by atoms with Crippen molar-refractivity contribution in [3.05, 3.63) is 28.8 Å². The third kappa shape index (κ3) is 5.52. The number of carbonyl (C=O) groups excluding carboxylic acids is 1. The topological polar surface area (TPSA) is 55.1 Å². The highest BCUT2D eigenvalue weighted by molar-refractivity contribution is 6.34. The van der Waals surface area contributed by atoms with E-state index in [0.29, 0.717) is 16.3 Å². The zero-order chi connectivity index (χ0) is 14.3. The number of nitrogen functional groups attached to an aromatic ring is 1. The number of halogens is 1. The van der Waals surface area contributed by atoms with Crippen molar-refractivity contribution in [2.24, 2.45) is 0 Å². The minimum atomic E-state index is -0.153. The smallest absolute Gasteiger partial charge is 0.253 e. The van der Waals surface area contributed by atoms with E-state index in [0.717, 1.165) is 12.8 Å². The van der Waals surface area contributed by atoms with Gasteiger partial charge in [0, 0.05) is 11.7 Å². The predicted molar refractivity (Wildman–Crippen MR) is 81.6 cm³/mol. The summed E-state index contributed by atoms with van der Waals surface area (Å²) in [7, 11) is 0. The standard InChI is InChI=1S/C15H23ClN2O/c1-3-4-5-6-7-11(2)18-15(19)13-10-12(17)8-9-14(13)16/h8-11H,3-7,17H2,1-2H3,(H,18,19). The average molecular weight is 283 g/mol. The van der Waals surface area contributed by atoms with Crippen LogP contribution in [0.4, 0.5) is 5.69 Å². The highest BCUT2D eigenvalue weighted by Crippen LogP contribution is 2.19. The van der Waals surface area contributed by atoms with Gasteiger partial charge in [-0.2, -0.15) is 0 Å². The summed E-state index contributed by atoms with van der Waals surface area (Å²) in [5.41, 5.74) is 6.66. The van der Waals surface area contributed by atoms with Crippen LogP contribution in [0.1, 0.15) is 56.3 Å². The Kier molecular flexibility index (Phi) is 6.71. The molecule has 1 atom stereocenters. The van der Waals surface area contributed by atoms with Gasteiger partial charge in [-0.1, -0.05) is 44.2 Å². The lowest BCUT2D eigenvalue weighted by Crippen LogP contribution is -2.32. The number of carbonyl (C=O) groups is 1. The van der Waals surface area contributed by atoms with Crippen molar-refractivity contribution in [1.29, 1.82) is 0 Å². The lowest BCUT2D eigenvalue weighted by molar-refractivity contribution is 0.0938. The van der Waals surface area contributed by atoms with E-state index in [-0.39, 0.29) is 11.9 Å². The molecule has 0 spiro atoms. The van der Waals surface area contributed by atoms with Crippen LogP contribution < -0.4 is 11.1 Å². The van der Waals surface area contributed by atoms with E-state index < -0.39 is 0 Å². The maximum absolute atomic E-state index is 12.1. The Morgan fingerprint density at radius 1 is 1.37 bits per heavy atom. The largest absolute Gasteiger partial charge is 0.399 e. The molecule has 1 amide bonds. The summed E-state index contributed by atoms with van der Waals surface area (Å²) in [4.78, 5) is 12.1. The molecule has 0 aliphatic rings. The minimum Gasteiger partial charge on any atom is -0.399 e. The van der Waals surface area contributed by atoms with Crippen molar-refractivity contribution in [3.63, 3.8) is 0 Å². The van der Waals surface area contributed by atoms with Crippen molar-refractivity contribution < 1.29 is 4.79 Å². The molecular weight excluding hydrogens is 260 g/mol. The van der Waals surface area contributed by atoms with E-state index >= 15 is 0 Å². The molecule has 1 aromatic carbocycles. The van der Waals surface area contributed by atoms with E-state index in [4.69, 9.17) is 17.3 Å². The molecule has 19 heavy (non-hydrogen) atoms. The molecular formula is C15H23ClN2O. The Balaban J connectivity index is 2.47. The normalized spacial score (nSPS) is 12.2. The quantitative estimate of drug-likeness (QED) is 0.586. The summed E-state index contributed by atoms with van der Waals surface area (Å²) >= 11 is 6.00. The first-order valence-electron chi connectivity index (χ1n) is 6.90. The zero-order valence-electron chi connectivity index (χ0n) is 11.7. The first-order chi connectivity index (χ1) is 9.04. The zero-order valence-corrected chi connectivity index (χ0v) is 12.5. The number of anilines is 1. The Labute approximate surface area is 120 Å². The highest BCUT2D eigenvalue weighted by atomic mass is 35.5. The first-order valence-corrected chi connectivity index (χ1v) is 7.28. The molecule has 3 nitrogen and oxygen atoms in total. The molecule has 0 aliphatic carbocycles. The molecule has 0 saturated carbocycles. The minimum absolute atomic E-state index is 0.153. The van der Waals surface area contributed by atoms with Crippen LogP contribution in [-0.4, -0.2) is 11.9 Å². The van der Waals surface area contributed by atoms with Gasteiger partial charge in [0.1, 0.15) is 0 Å². The lowest BCUT2D eigenvalue weighted by atomic mass is 10.1. The van der Waals surface area contributed by atoms with Gasteiger partial charge >= 0.3 is 0 Å². The molecule has 0 fully saturated rings. The van der Waals surface area contributed by atoms with Gasteiger partial charge in [0.15, 0.2) is 0 Å². The molecule has 4 heteroatoms. The third-order valence-corrected chi connectivity index (χ3v) is 3.43. The van der Waals surface area contributed by atoms with Crippen molar-refractivity contribution >= 4 is 23.2 Å². The van der Waals surface area contributed by atoms with E-state index in [1.807, 2.05) is 6.92 Å². The van der Waals surface area contributed by atoms with Crippen molar-refractivity contribution in [2.45, 2.75) is 52.0 Å². The number of unbranched alkanes of at least 4 members (excludes halogenated alkanes) is 3. The molecule has 0 aromatic heterocycles. The predicted octanol–water partition coefficient (Wildman–Crippen LogP) is 4.01. The fourth-order valence-corrected chi connectivity index (χ4v) is 2.17. The Morgan fingerprint density at radius 2 is 2.11 bits per heavy atom. The maximum Gasteiger partial charge on any atom is 0.253 e. The van der Waals surface area contributed by atoms with E-state index in [1.165, 1.54) is 19.3 Å². The second-order valence-corrected chi connectivity index (χ2v) is 5.37. The van der Waals surface area contributed by atoms with Crippen molar-refractivity contribution in [2.75, 3.05) is 5.73 Å². The molecule has 106 valence electrons. The second kappa shape index (κ2) is 8.05. The highest BCUT2D eigenvalue weighted by Gasteiger charge is 2.13. The summed E-state index contributed by atoms with van der Waals surface area (Å²) in [6, 6.07) is 5.11. The molecule has 0 bridgehead atoms. The van der Waals surface area contributed by atoms with Gasteiger partial charge in [0.2, 0.25) is 0 Å². The molecule has 1 unspecified atom stereocenters. The van der Waals surface area contributed by atoms with Crippen molar-refractivity contribution in [1.82, 2.24) is 5.32 Å². The number of hydrogen-bond donors (Lipinski definition) is 2. The van der Waals surface area contributed by atoms with Crippen LogP contribution >= 0.6 is 11.6 Å². The number of benzene rings is 1. The number of hydrogen-bond acceptors (Lipinski definition) is 2. The third-order valence-electron chi connectivity index (χ3n) is 3.10. The van der Waals surface area contributed by atoms with Crippen LogP contribution in [0.5, 0.6) is 0 Å². The summed E-state index contributed by atoms with van der Waals surface area (Å²) in [5.74, 6) is -0.153. The van der Waals surface area contributed by atoms with E-state index in [2.05, 4.69) is 12.2 Å². The van der Waals surface area contributed by atoms with Crippen LogP contribution in [0.15, 0.2) is 18.2 Å². The van der Waals surface area contributed by atoms with Crippen LogP contribution in [0.3, 0.4) is 0 Å². The number of amides is 1. The molecule has 0 radical (unpaired) electrons. The van der Waals surface area contributed by atoms with Crippen LogP contribution in [0.25, 0.3) is 0 Å². The van der Waals surface area contributed by atoms with Crippen LogP contribution in [0.2, 0.25) is 5.02 Å². The Bertz CT molecular complexity index is 421. The summed E-state index contributed by atoms with van der Waals surface area (Å²) < 4.78 is 0. The SMILES string of the molecule is CCCCCCC(C)NC(=O)c1cc(N)ccc1Cl. The fourth-order valence-electron chi connectivity index (χ4n) is 1.97. The molecule has 1 rings (SSSR count). The number of nitrogens with one attached hydrogen (secondary N) is 1. The van der Waals surface area contributed by atoms with E-state index in [9.17, 15) is 4.79 Å². The molecule has 1 aromatic rings. The molecule has 0 saturated heterocycles. The van der Waals surface area contributed by atoms with Gasteiger partial charge in [-0.25, -0.2) is 0 Å². The van der Waals surface area contributed by atoms with Crippen LogP contribution in [-0.2, 0) is 0 Å². The van der Waals surface area contributed by atoms with Crippen molar-refractivity contribution in [3.8, 4) is 0 Å². The second-order valence-electron chi connectivity index (χ2n) is 4.96. The van der Waals surface area contributed by atoms with Gasteiger partial charge in [0.05, 0.1) is 10.6 Å². The Morgan fingerprint density at radius 3 is 2.79 bits per heavy atom. The summed E-state index contributed by atoms with van der Waals surface area (Å²) in [5, 5.41) is 3.40. The first kappa shape index (κ1) is 15.8. The van der Waals surface area contributed by atoms with E-state index in [1.54, 1.807) is 18.2 Å². The van der Waals surface area contributed by atoms with Gasteiger partial charge in [-0.3, -0.25) is 4.79 Å².